The van der Waals surface area contributed by atoms with E-state index in [1.807, 2.05) is 0 Å². The summed E-state index contributed by atoms with van der Waals surface area (Å²) in [5.74, 6) is 0. The summed E-state index contributed by atoms with van der Waals surface area (Å²) in [6.07, 6.45) is 6.80. The van der Waals surface area contributed by atoms with Crippen molar-refractivity contribution in [3.05, 3.63) is 304 Å². The van der Waals surface area contributed by atoms with Crippen molar-refractivity contribution in [1.82, 2.24) is 4.57 Å². The minimum absolute atomic E-state index is 0.484. The lowest BCUT2D eigenvalue weighted by atomic mass is 9.70. The SMILES string of the molecule is C1=Cc2c(cccc2-n2c3ccccc3c3cc(N(c4ccc5c(c4)C(=C4c6ccccc6-c6ccccc64)c4ccccc4-5)c4ccc5c(c4)C4(c6ccccc6-c6ccccc64)c4ccccc4-5)ccc32)CC1. The molecule has 11 aromatic carbocycles. The van der Waals surface area contributed by atoms with Crippen molar-refractivity contribution in [2.45, 2.75) is 18.3 Å². The summed E-state index contributed by atoms with van der Waals surface area (Å²) in [6.45, 7) is 0. The first-order valence-corrected chi connectivity index (χ1v) is 26.5. The molecule has 5 aliphatic rings. The van der Waals surface area contributed by atoms with Gasteiger partial charge in [-0.3, -0.25) is 0 Å². The predicted octanol–water partition coefficient (Wildman–Crippen LogP) is 18.5. The van der Waals surface area contributed by atoms with Gasteiger partial charge < -0.3 is 9.47 Å². The number of benzene rings is 11. The molecular formula is C73H46N2. The average Bonchev–Trinajstić information content (AvgIpc) is 4.26. The number of para-hydroxylation sites is 1. The maximum atomic E-state index is 2.55. The fourth-order valence-corrected chi connectivity index (χ4v) is 14.4. The highest BCUT2D eigenvalue weighted by molar-refractivity contribution is 6.19. The van der Waals surface area contributed by atoms with Crippen LogP contribution >= 0.6 is 0 Å². The van der Waals surface area contributed by atoms with Gasteiger partial charge in [-0.1, -0.05) is 200 Å². The lowest BCUT2D eigenvalue weighted by Gasteiger charge is -2.32. The number of rotatable bonds is 4. The maximum Gasteiger partial charge on any atom is 0.0726 e. The third kappa shape index (κ3) is 5.43. The fourth-order valence-electron chi connectivity index (χ4n) is 14.4. The van der Waals surface area contributed by atoms with Crippen LogP contribution in [0.3, 0.4) is 0 Å². The minimum Gasteiger partial charge on any atom is -0.310 e. The quantitative estimate of drug-likeness (QED) is 0.171. The molecule has 5 aliphatic carbocycles. The van der Waals surface area contributed by atoms with E-state index in [9.17, 15) is 0 Å². The van der Waals surface area contributed by atoms with Gasteiger partial charge in [0.15, 0.2) is 0 Å². The van der Waals surface area contributed by atoms with Crippen molar-refractivity contribution in [3.63, 3.8) is 0 Å². The minimum atomic E-state index is -0.484. The molecule has 1 aromatic heterocycles. The van der Waals surface area contributed by atoms with Gasteiger partial charge >= 0.3 is 0 Å². The van der Waals surface area contributed by atoms with Crippen molar-refractivity contribution in [3.8, 4) is 50.2 Å². The van der Waals surface area contributed by atoms with Crippen molar-refractivity contribution in [1.29, 1.82) is 0 Å². The maximum absolute atomic E-state index is 2.55. The van der Waals surface area contributed by atoms with Gasteiger partial charge in [-0.25, -0.2) is 0 Å². The largest absolute Gasteiger partial charge is 0.310 e. The molecule has 0 fully saturated rings. The first kappa shape index (κ1) is 41.0. The highest BCUT2D eigenvalue weighted by Crippen LogP contribution is 2.64. The molecule has 17 rings (SSSR count). The topological polar surface area (TPSA) is 8.17 Å². The van der Waals surface area contributed by atoms with Gasteiger partial charge in [0, 0.05) is 33.4 Å². The Morgan fingerprint density at radius 2 is 0.800 bits per heavy atom. The molecule has 0 bridgehead atoms. The van der Waals surface area contributed by atoms with E-state index >= 15 is 0 Å². The van der Waals surface area contributed by atoms with E-state index in [0.717, 1.165) is 29.9 Å². The zero-order valence-electron chi connectivity index (χ0n) is 41.1. The van der Waals surface area contributed by atoms with Gasteiger partial charge in [0.1, 0.15) is 0 Å². The molecule has 0 saturated carbocycles. The number of nitrogens with zero attached hydrogens (tertiary/aromatic N) is 2. The van der Waals surface area contributed by atoms with E-state index < -0.39 is 5.41 Å². The Bertz CT molecular complexity index is 4440. The standard InChI is InChI=1S/C73H46N2/c1-2-20-49-45(18-1)19-17-35-68(49)75-69-34-16-12-27-58(69)62-42-47(38-41-70(62)75)74(48-37-40-57-56-26-11-15-33-66(56)73(67(57)44-48)64-31-13-9-24-54(64)55-25-10-14-32-65(55)73)46-36-39-53-52-23-5-8-30-61(52)72(63(53)43-46)71-59-28-6-3-21-50(59)51-22-4-7-29-60(51)71/h2-17,19-44H,1,18H2. The molecule has 12 aromatic rings. The second kappa shape index (κ2) is 15.3. The summed E-state index contributed by atoms with van der Waals surface area (Å²) >= 11 is 0. The molecule has 2 nitrogen and oxygen atoms in total. The van der Waals surface area contributed by atoms with Crippen LogP contribution in [0.4, 0.5) is 17.1 Å². The number of hydrogen-bond acceptors (Lipinski definition) is 1. The number of aryl methyl sites for hydroxylation is 1. The molecule has 348 valence electrons. The van der Waals surface area contributed by atoms with Crippen molar-refractivity contribution >= 4 is 56.1 Å². The van der Waals surface area contributed by atoms with E-state index in [1.54, 1.807) is 0 Å². The number of fused-ring (bicyclic) bond motifs is 20. The lowest BCUT2D eigenvalue weighted by Crippen LogP contribution is -2.26. The van der Waals surface area contributed by atoms with Gasteiger partial charge in [-0.15, -0.1) is 0 Å². The smallest absolute Gasteiger partial charge is 0.0726 e. The molecule has 0 amide bonds. The third-order valence-electron chi connectivity index (χ3n) is 17.4. The second-order valence-corrected chi connectivity index (χ2v) is 20.9. The highest BCUT2D eigenvalue weighted by atomic mass is 15.1. The van der Waals surface area contributed by atoms with Gasteiger partial charge in [-0.2, -0.15) is 0 Å². The monoisotopic (exact) mass is 950 g/mol. The van der Waals surface area contributed by atoms with Crippen molar-refractivity contribution < 1.29 is 0 Å². The second-order valence-electron chi connectivity index (χ2n) is 20.9. The number of allylic oxidation sites excluding steroid dienone is 1. The van der Waals surface area contributed by atoms with Crippen LogP contribution in [0.25, 0.3) is 89.2 Å². The van der Waals surface area contributed by atoms with Crippen molar-refractivity contribution in [2.24, 2.45) is 0 Å². The molecule has 0 atom stereocenters. The zero-order chi connectivity index (χ0) is 48.9. The molecule has 1 heterocycles. The van der Waals surface area contributed by atoms with E-state index in [2.05, 4.69) is 264 Å². The molecule has 1 spiro atoms. The normalized spacial score (nSPS) is 14.3. The summed E-state index contributed by atoms with van der Waals surface area (Å²) in [5, 5.41) is 2.47. The van der Waals surface area contributed by atoms with Crippen LogP contribution in [0.2, 0.25) is 0 Å². The van der Waals surface area contributed by atoms with Crippen molar-refractivity contribution in [2.75, 3.05) is 4.90 Å². The van der Waals surface area contributed by atoms with E-state index in [0.29, 0.717) is 0 Å². The summed E-state index contributed by atoms with van der Waals surface area (Å²) in [5.41, 5.74) is 32.6. The molecule has 2 heteroatoms. The Morgan fingerprint density at radius 1 is 0.333 bits per heavy atom. The molecule has 0 saturated heterocycles. The lowest BCUT2D eigenvalue weighted by molar-refractivity contribution is 0.793. The predicted molar refractivity (Wildman–Crippen MR) is 311 cm³/mol. The molecule has 0 radical (unpaired) electrons. The van der Waals surface area contributed by atoms with E-state index in [1.165, 1.54) is 139 Å². The number of aromatic nitrogens is 1. The molecule has 0 unspecified atom stereocenters. The van der Waals surface area contributed by atoms with Crippen LogP contribution in [0.5, 0.6) is 0 Å². The van der Waals surface area contributed by atoms with Crippen LogP contribution in [-0.2, 0) is 11.8 Å². The van der Waals surface area contributed by atoms with Crippen LogP contribution in [0.1, 0.15) is 62.1 Å². The molecule has 0 N–H and O–H groups in total. The van der Waals surface area contributed by atoms with E-state index in [-0.39, 0.29) is 0 Å². The Labute approximate surface area is 436 Å². The van der Waals surface area contributed by atoms with Gasteiger partial charge in [0.05, 0.1) is 22.1 Å². The first-order chi connectivity index (χ1) is 37.2. The van der Waals surface area contributed by atoms with Gasteiger partial charge in [0.25, 0.3) is 0 Å². The number of hydrogen-bond donors (Lipinski definition) is 0. The first-order valence-electron chi connectivity index (χ1n) is 26.5. The summed E-state index contributed by atoms with van der Waals surface area (Å²) in [4.78, 5) is 2.55. The van der Waals surface area contributed by atoms with Gasteiger partial charge in [0.2, 0.25) is 0 Å². The molecule has 0 aliphatic heterocycles. The Kier molecular flexibility index (Phi) is 8.35. The molecule has 75 heavy (non-hydrogen) atoms. The van der Waals surface area contributed by atoms with Crippen LogP contribution in [0.15, 0.2) is 249 Å². The third-order valence-corrected chi connectivity index (χ3v) is 17.4. The summed E-state index contributed by atoms with van der Waals surface area (Å²) in [7, 11) is 0. The van der Waals surface area contributed by atoms with Crippen LogP contribution < -0.4 is 4.90 Å². The summed E-state index contributed by atoms with van der Waals surface area (Å²) in [6, 6.07) is 92.0. The zero-order valence-corrected chi connectivity index (χ0v) is 41.1. The Morgan fingerprint density at radius 3 is 1.44 bits per heavy atom. The Hall–Kier alpha value is -9.50. The van der Waals surface area contributed by atoms with Gasteiger partial charge in [-0.05, 0) is 173 Å². The average molecular weight is 951 g/mol. The number of anilines is 3. The highest BCUT2D eigenvalue weighted by Gasteiger charge is 2.51. The summed E-state index contributed by atoms with van der Waals surface area (Å²) < 4.78 is 2.50. The van der Waals surface area contributed by atoms with E-state index in [4.69, 9.17) is 0 Å². The molecular weight excluding hydrogens is 905 g/mol. The Balaban J connectivity index is 0.944. The van der Waals surface area contributed by atoms with Crippen LogP contribution in [0, 0.1) is 0 Å². The van der Waals surface area contributed by atoms with Crippen LogP contribution in [-0.4, -0.2) is 4.57 Å². The fraction of sp³-hybridized carbons (Fsp3) is 0.0411.